The number of nitrogens with zero attached hydrogens (tertiary/aromatic N) is 1. The minimum Gasteiger partial charge on any atom is -0.505 e. The molecule has 2 aromatic rings. The smallest absolute Gasteiger partial charge is 0.319 e. The van der Waals surface area contributed by atoms with Crippen molar-refractivity contribution in [2.75, 3.05) is 11.9 Å². The standard InChI is InChI=1S/C19H22BrN3O5/c1-4-28-15(24)9-14(12-6-5-7-13(20)8-12)21-19(27)22-16-17(25)11(2)10-23(3)18(16)26/h5-8,10,14,25H,4,9H2,1-3H3,(H2,21,22,27). The molecule has 1 heterocycles. The van der Waals surface area contributed by atoms with Crippen LogP contribution < -0.4 is 16.2 Å². The summed E-state index contributed by atoms with van der Waals surface area (Å²) in [7, 11) is 1.52. The molecule has 8 nitrogen and oxygen atoms in total. The summed E-state index contributed by atoms with van der Waals surface area (Å²) in [6.07, 6.45) is 1.38. The van der Waals surface area contributed by atoms with Crippen molar-refractivity contribution >= 4 is 33.6 Å². The minimum absolute atomic E-state index is 0.0878. The van der Waals surface area contributed by atoms with Gasteiger partial charge in [-0.2, -0.15) is 0 Å². The molecule has 150 valence electrons. The molecule has 1 aromatic carbocycles. The number of benzene rings is 1. The highest BCUT2D eigenvalue weighted by molar-refractivity contribution is 9.10. The molecule has 1 aromatic heterocycles. The number of aromatic nitrogens is 1. The lowest BCUT2D eigenvalue weighted by Gasteiger charge is -2.19. The lowest BCUT2D eigenvalue weighted by atomic mass is 10.0. The Morgan fingerprint density at radius 3 is 2.71 bits per heavy atom. The lowest BCUT2D eigenvalue weighted by molar-refractivity contribution is -0.143. The fourth-order valence-electron chi connectivity index (χ4n) is 2.67. The van der Waals surface area contributed by atoms with Crippen molar-refractivity contribution in [2.24, 2.45) is 7.05 Å². The van der Waals surface area contributed by atoms with Gasteiger partial charge in [-0.15, -0.1) is 0 Å². The Labute approximate surface area is 170 Å². The van der Waals surface area contributed by atoms with Crippen molar-refractivity contribution in [1.82, 2.24) is 9.88 Å². The van der Waals surface area contributed by atoms with Gasteiger partial charge in [-0.3, -0.25) is 9.59 Å². The molecule has 0 fully saturated rings. The van der Waals surface area contributed by atoms with Crippen molar-refractivity contribution in [3.05, 3.63) is 56.4 Å². The number of halogens is 1. The van der Waals surface area contributed by atoms with Crippen LogP contribution >= 0.6 is 15.9 Å². The number of hydrogen-bond donors (Lipinski definition) is 3. The second-order valence-electron chi connectivity index (χ2n) is 6.17. The summed E-state index contributed by atoms with van der Waals surface area (Å²) in [6.45, 7) is 3.54. The molecule has 3 N–H and O–H groups in total. The number of rotatable bonds is 6. The largest absolute Gasteiger partial charge is 0.505 e. The van der Waals surface area contributed by atoms with Gasteiger partial charge in [0.05, 0.1) is 19.1 Å². The molecule has 2 amide bonds. The first-order chi connectivity index (χ1) is 13.2. The van der Waals surface area contributed by atoms with Crippen molar-refractivity contribution in [1.29, 1.82) is 0 Å². The van der Waals surface area contributed by atoms with Crippen molar-refractivity contribution in [2.45, 2.75) is 26.3 Å². The summed E-state index contributed by atoms with van der Waals surface area (Å²) < 4.78 is 7.02. The maximum atomic E-state index is 12.5. The van der Waals surface area contributed by atoms with Gasteiger partial charge < -0.3 is 25.0 Å². The van der Waals surface area contributed by atoms with Gasteiger partial charge in [-0.25, -0.2) is 4.79 Å². The van der Waals surface area contributed by atoms with E-state index in [0.29, 0.717) is 11.1 Å². The normalized spacial score (nSPS) is 11.6. The molecule has 0 saturated carbocycles. The fraction of sp³-hybridized carbons (Fsp3) is 0.316. The number of esters is 1. The van der Waals surface area contributed by atoms with Gasteiger partial charge in [0.1, 0.15) is 5.75 Å². The number of pyridine rings is 1. The molecule has 0 bridgehead atoms. The highest BCUT2D eigenvalue weighted by atomic mass is 79.9. The van der Waals surface area contributed by atoms with Crippen LogP contribution in [0.1, 0.15) is 30.5 Å². The molecule has 0 aliphatic carbocycles. The Morgan fingerprint density at radius 2 is 2.07 bits per heavy atom. The average Bonchev–Trinajstić information content (AvgIpc) is 2.63. The van der Waals surface area contributed by atoms with Crippen LogP contribution in [0, 0.1) is 6.92 Å². The third-order valence-electron chi connectivity index (χ3n) is 4.00. The second-order valence-corrected chi connectivity index (χ2v) is 7.08. The van der Waals surface area contributed by atoms with E-state index in [4.69, 9.17) is 4.74 Å². The number of amides is 2. The third kappa shape index (κ3) is 5.35. The van der Waals surface area contributed by atoms with E-state index in [1.807, 2.05) is 6.07 Å². The van der Waals surface area contributed by atoms with Gasteiger partial charge in [-0.05, 0) is 31.5 Å². The van der Waals surface area contributed by atoms with E-state index in [0.717, 1.165) is 4.47 Å². The number of carbonyl (C=O) groups is 2. The molecule has 28 heavy (non-hydrogen) atoms. The van der Waals surface area contributed by atoms with E-state index in [2.05, 4.69) is 26.6 Å². The summed E-state index contributed by atoms with van der Waals surface area (Å²) >= 11 is 3.36. The van der Waals surface area contributed by atoms with Crippen LogP contribution in [-0.2, 0) is 16.6 Å². The zero-order valence-corrected chi connectivity index (χ0v) is 17.4. The topological polar surface area (TPSA) is 110 Å². The van der Waals surface area contributed by atoms with Crippen molar-refractivity contribution in [3.63, 3.8) is 0 Å². The Bertz CT molecular complexity index is 942. The molecule has 1 unspecified atom stereocenters. The van der Waals surface area contributed by atoms with E-state index < -0.39 is 23.6 Å². The van der Waals surface area contributed by atoms with Crippen LogP contribution in [0.2, 0.25) is 0 Å². The number of aromatic hydroxyl groups is 1. The zero-order valence-electron chi connectivity index (χ0n) is 15.8. The molecule has 0 aliphatic rings. The number of nitrogens with one attached hydrogen (secondary N) is 2. The van der Waals surface area contributed by atoms with Gasteiger partial charge in [-0.1, -0.05) is 28.1 Å². The predicted molar refractivity (Wildman–Crippen MR) is 108 cm³/mol. The first-order valence-electron chi connectivity index (χ1n) is 8.60. The summed E-state index contributed by atoms with van der Waals surface area (Å²) in [5.74, 6) is -0.773. The highest BCUT2D eigenvalue weighted by Crippen LogP contribution is 2.24. The maximum Gasteiger partial charge on any atom is 0.319 e. The second kappa shape index (κ2) is 9.41. The predicted octanol–water partition coefficient (Wildman–Crippen LogP) is 2.98. The fourth-order valence-corrected chi connectivity index (χ4v) is 3.08. The van der Waals surface area contributed by atoms with Crippen molar-refractivity contribution in [3.8, 4) is 5.75 Å². The number of urea groups is 1. The molecule has 0 spiro atoms. The Morgan fingerprint density at radius 1 is 1.36 bits per heavy atom. The van der Waals surface area contributed by atoms with Gasteiger partial charge in [0.2, 0.25) is 0 Å². The van der Waals surface area contributed by atoms with Crippen LogP contribution in [0.25, 0.3) is 0 Å². The van der Waals surface area contributed by atoms with Crippen LogP contribution in [0.4, 0.5) is 10.5 Å². The third-order valence-corrected chi connectivity index (χ3v) is 4.50. The molecular weight excluding hydrogens is 430 g/mol. The van der Waals surface area contributed by atoms with Gasteiger partial charge in [0, 0.05) is 23.3 Å². The van der Waals surface area contributed by atoms with Gasteiger partial charge in [0.15, 0.2) is 5.69 Å². The van der Waals surface area contributed by atoms with Gasteiger partial charge >= 0.3 is 12.0 Å². The van der Waals surface area contributed by atoms with Crippen LogP contribution in [0.15, 0.2) is 39.7 Å². The molecule has 9 heteroatoms. The number of hydrogen-bond acceptors (Lipinski definition) is 5. The van der Waals surface area contributed by atoms with E-state index in [9.17, 15) is 19.5 Å². The van der Waals surface area contributed by atoms with Gasteiger partial charge in [0.25, 0.3) is 5.56 Å². The summed E-state index contributed by atoms with van der Waals surface area (Å²) in [6, 6.07) is 5.71. The summed E-state index contributed by atoms with van der Waals surface area (Å²) in [4.78, 5) is 36.7. The Hall–Kier alpha value is -2.81. The number of carbonyl (C=O) groups excluding carboxylic acids is 2. The quantitative estimate of drug-likeness (QED) is 0.584. The van der Waals surface area contributed by atoms with E-state index in [1.165, 1.54) is 17.8 Å². The molecule has 0 saturated heterocycles. The van der Waals surface area contributed by atoms with Crippen LogP contribution in [0.5, 0.6) is 5.75 Å². The molecule has 0 radical (unpaired) electrons. The Kier molecular flexibility index (Phi) is 7.22. The Balaban J connectivity index is 2.25. The average molecular weight is 452 g/mol. The number of aryl methyl sites for hydroxylation is 2. The number of ether oxygens (including phenoxy) is 1. The molecule has 2 rings (SSSR count). The summed E-state index contributed by atoms with van der Waals surface area (Å²) in [5.41, 5.74) is 0.332. The molecule has 1 atom stereocenters. The van der Waals surface area contributed by atoms with Crippen LogP contribution in [0.3, 0.4) is 0 Å². The van der Waals surface area contributed by atoms with E-state index in [1.54, 1.807) is 32.0 Å². The van der Waals surface area contributed by atoms with E-state index >= 15 is 0 Å². The molecular formula is C19H22BrN3O5. The zero-order chi connectivity index (χ0) is 20.8. The summed E-state index contributed by atoms with van der Waals surface area (Å²) in [5, 5.41) is 15.2. The van der Waals surface area contributed by atoms with Crippen molar-refractivity contribution < 1.29 is 19.4 Å². The maximum absolute atomic E-state index is 12.5. The SMILES string of the molecule is CCOC(=O)CC(NC(=O)Nc1c(O)c(C)cn(C)c1=O)c1cccc(Br)c1. The highest BCUT2D eigenvalue weighted by Gasteiger charge is 2.21. The minimum atomic E-state index is -0.729. The van der Waals surface area contributed by atoms with Crippen LogP contribution in [-0.4, -0.2) is 28.3 Å². The first-order valence-corrected chi connectivity index (χ1v) is 9.40. The monoisotopic (exact) mass is 451 g/mol. The van der Waals surface area contributed by atoms with E-state index in [-0.39, 0.29) is 24.5 Å². The lowest BCUT2D eigenvalue weighted by Crippen LogP contribution is -2.36. The number of anilines is 1. The molecule has 0 aliphatic heterocycles. The first kappa shape index (κ1) is 21.5.